The monoisotopic (exact) mass is 253 g/mol. The van der Waals surface area contributed by atoms with Gasteiger partial charge in [0.2, 0.25) is 0 Å². The van der Waals surface area contributed by atoms with Crippen LogP contribution in [0.5, 0.6) is 0 Å². The Morgan fingerprint density at radius 3 is 2.76 bits per heavy atom. The van der Waals surface area contributed by atoms with Gasteiger partial charge in [-0.3, -0.25) is 4.90 Å². The first kappa shape index (κ1) is 13.0. The smallest absolute Gasteiger partial charge is 0.0110 e. The van der Waals surface area contributed by atoms with E-state index in [0.717, 1.165) is 13.1 Å². The zero-order valence-corrected chi connectivity index (χ0v) is 11.5. The van der Waals surface area contributed by atoms with E-state index in [2.05, 4.69) is 39.7 Å². The molecular weight excluding hydrogens is 230 g/mol. The van der Waals surface area contributed by atoms with Gasteiger partial charge >= 0.3 is 0 Å². The Morgan fingerprint density at radius 2 is 2.06 bits per heavy atom. The van der Waals surface area contributed by atoms with Gasteiger partial charge in [0.15, 0.2) is 0 Å². The van der Waals surface area contributed by atoms with Crippen molar-refractivity contribution in [3.05, 3.63) is 22.4 Å². The molecule has 0 saturated carbocycles. The molecule has 0 unspecified atom stereocenters. The van der Waals surface area contributed by atoms with Crippen LogP contribution in [0.2, 0.25) is 0 Å². The fraction of sp³-hybridized carbons (Fsp3) is 0.692. The predicted octanol–water partition coefficient (Wildman–Crippen LogP) is 1.13. The number of hydrogen-bond acceptors (Lipinski definition) is 4. The minimum Gasteiger partial charge on any atom is -0.315 e. The van der Waals surface area contributed by atoms with Crippen LogP contribution >= 0.6 is 11.3 Å². The minimum absolute atomic E-state index is 1.11. The van der Waals surface area contributed by atoms with Crippen molar-refractivity contribution in [2.75, 3.05) is 52.9 Å². The van der Waals surface area contributed by atoms with E-state index < -0.39 is 0 Å². The average Bonchev–Trinajstić information content (AvgIpc) is 2.84. The summed E-state index contributed by atoms with van der Waals surface area (Å²) >= 11 is 1.85. The summed E-state index contributed by atoms with van der Waals surface area (Å²) in [5, 5.41) is 5.69. The zero-order chi connectivity index (χ0) is 11.9. The number of piperazine rings is 1. The molecule has 3 nitrogen and oxygen atoms in total. The lowest BCUT2D eigenvalue weighted by Gasteiger charge is -2.32. The molecule has 17 heavy (non-hydrogen) atoms. The largest absolute Gasteiger partial charge is 0.315 e. The molecule has 0 bridgehead atoms. The summed E-state index contributed by atoms with van der Waals surface area (Å²) in [6, 6.07) is 4.34. The van der Waals surface area contributed by atoms with E-state index in [-0.39, 0.29) is 0 Å². The summed E-state index contributed by atoms with van der Waals surface area (Å²) in [7, 11) is 2.20. The van der Waals surface area contributed by atoms with Crippen LogP contribution in [-0.2, 0) is 6.42 Å². The molecule has 0 aromatic carbocycles. The van der Waals surface area contributed by atoms with Crippen LogP contribution in [0.3, 0.4) is 0 Å². The lowest BCUT2D eigenvalue weighted by atomic mass is 10.3. The Hall–Kier alpha value is -0.420. The third kappa shape index (κ3) is 4.76. The van der Waals surface area contributed by atoms with Gasteiger partial charge in [0.25, 0.3) is 0 Å². The van der Waals surface area contributed by atoms with E-state index in [1.54, 1.807) is 0 Å². The Labute approximate surface area is 108 Å². The lowest BCUT2D eigenvalue weighted by molar-refractivity contribution is 0.155. The molecule has 2 heterocycles. The Morgan fingerprint density at radius 1 is 1.24 bits per heavy atom. The third-order valence-electron chi connectivity index (χ3n) is 3.33. The van der Waals surface area contributed by atoms with Crippen molar-refractivity contribution in [2.45, 2.75) is 6.42 Å². The lowest BCUT2D eigenvalue weighted by Crippen LogP contribution is -2.46. The molecule has 1 aliphatic rings. The first-order valence-electron chi connectivity index (χ1n) is 6.48. The molecule has 4 heteroatoms. The Balaban J connectivity index is 1.49. The van der Waals surface area contributed by atoms with Crippen molar-refractivity contribution in [3.8, 4) is 0 Å². The predicted molar refractivity (Wildman–Crippen MR) is 74.8 cm³/mol. The first-order chi connectivity index (χ1) is 8.34. The van der Waals surface area contributed by atoms with Gasteiger partial charge in [0.1, 0.15) is 0 Å². The van der Waals surface area contributed by atoms with Gasteiger partial charge in [-0.1, -0.05) is 6.07 Å². The molecule has 1 aliphatic heterocycles. The van der Waals surface area contributed by atoms with Crippen LogP contribution < -0.4 is 5.32 Å². The molecule has 0 aliphatic carbocycles. The Bertz CT molecular complexity index is 292. The second kappa shape index (κ2) is 7.11. The molecule has 0 atom stereocenters. The third-order valence-corrected chi connectivity index (χ3v) is 4.27. The van der Waals surface area contributed by atoms with Gasteiger partial charge in [-0.2, -0.15) is 0 Å². The van der Waals surface area contributed by atoms with Crippen LogP contribution in [0, 0.1) is 0 Å². The van der Waals surface area contributed by atoms with E-state index >= 15 is 0 Å². The second-order valence-electron chi connectivity index (χ2n) is 4.72. The highest BCUT2D eigenvalue weighted by Gasteiger charge is 2.12. The standard InChI is InChI=1S/C13H23N3S/c1-15-8-10-16(11-9-15)7-6-14-5-4-13-3-2-12-17-13/h2-3,12,14H,4-11H2,1H3. The molecule has 96 valence electrons. The van der Waals surface area contributed by atoms with E-state index in [0.29, 0.717) is 0 Å². The molecule has 0 radical (unpaired) electrons. The topological polar surface area (TPSA) is 18.5 Å². The van der Waals surface area contributed by atoms with E-state index in [1.807, 2.05) is 11.3 Å². The molecule has 1 aromatic heterocycles. The van der Waals surface area contributed by atoms with Crippen molar-refractivity contribution in [1.82, 2.24) is 15.1 Å². The number of nitrogens with zero attached hydrogens (tertiary/aromatic N) is 2. The van der Waals surface area contributed by atoms with Gasteiger partial charge in [-0.15, -0.1) is 11.3 Å². The van der Waals surface area contributed by atoms with Crippen LogP contribution in [-0.4, -0.2) is 62.7 Å². The van der Waals surface area contributed by atoms with E-state index in [1.165, 1.54) is 44.0 Å². The Kier molecular flexibility index (Phi) is 5.45. The number of rotatable bonds is 6. The van der Waals surface area contributed by atoms with Crippen molar-refractivity contribution in [3.63, 3.8) is 0 Å². The maximum absolute atomic E-state index is 3.53. The molecule has 1 saturated heterocycles. The van der Waals surface area contributed by atoms with Gasteiger partial charge in [0, 0.05) is 50.7 Å². The number of hydrogen-bond donors (Lipinski definition) is 1. The fourth-order valence-corrected chi connectivity index (χ4v) is 2.81. The van der Waals surface area contributed by atoms with Crippen LogP contribution in [0.25, 0.3) is 0 Å². The van der Waals surface area contributed by atoms with E-state index in [4.69, 9.17) is 0 Å². The summed E-state index contributed by atoms with van der Waals surface area (Å²) in [5.41, 5.74) is 0. The van der Waals surface area contributed by atoms with Gasteiger partial charge in [-0.05, 0) is 24.9 Å². The van der Waals surface area contributed by atoms with Crippen LogP contribution in [0.4, 0.5) is 0 Å². The number of likely N-dealkylation sites (N-methyl/N-ethyl adjacent to an activating group) is 1. The maximum Gasteiger partial charge on any atom is 0.0110 e. The first-order valence-corrected chi connectivity index (χ1v) is 7.36. The fourth-order valence-electron chi connectivity index (χ4n) is 2.10. The highest BCUT2D eigenvalue weighted by atomic mass is 32.1. The van der Waals surface area contributed by atoms with Gasteiger partial charge in [-0.25, -0.2) is 0 Å². The molecule has 1 fully saturated rings. The summed E-state index contributed by atoms with van der Waals surface area (Å²) < 4.78 is 0. The SMILES string of the molecule is CN1CCN(CCNCCc2cccs2)CC1. The average molecular weight is 253 g/mol. The maximum atomic E-state index is 3.53. The highest BCUT2D eigenvalue weighted by molar-refractivity contribution is 7.09. The number of nitrogens with one attached hydrogen (secondary N) is 1. The highest BCUT2D eigenvalue weighted by Crippen LogP contribution is 2.07. The van der Waals surface area contributed by atoms with E-state index in [9.17, 15) is 0 Å². The summed E-state index contributed by atoms with van der Waals surface area (Å²) in [6.07, 6.45) is 1.17. The number of thiophene rings is 1. The summed E-state index contributed by atoms with van der Waals surface area (Å²) in [5.74, 6) is 0. The van der Waals surface area contributed by atoms with Crippen molar-refractivity contribution < 1.29 is 0 Å². The van der Waals surface area contributed by atoms with Crippen LogP contribution in [0.15, 0.2) is 17.5 Å². The minimum atomic E-state index is 1.11. The van der Waals surface area contributed by atoms with Gasteiger partial charge in [0.05, 0.1) is 0 Å². The second-order valence-corrected chi connectivity index (χ2v) is 5.76. The van der Waals surface area contributed by atoms with Gasteiger partial charge < -0.3 is 10.2 Å². The van der Waals surface area contributed by atoms with Crippen molar-refractivity contribution in [2.24, 2.45) is 0 Å². The quantitative estimate of drug-likeness (QED) is 0.767. The molecule has 1 N–H and O–H groups in total. The van der Waals surface area contributed by atoms with Crippen molar-refractivity contribution in [1.29, 1.82) is 0 Å². The molecule has 2 rings (SSSR count). The summed E-state index contributed by atoms with van der Waals surface area (Å²) in [4.78, 5) is 6.44. The summed E-state index contributed by atoms with van der Waals surface area (Å²) in [6.45, 7) is 8.30. The molecular formula is C13H23N3S. The van der Waals surface area contributed by atoms with Crippen molar-refractivity contribution >= 4 is 11.3 Å². The normalized spacial score (nSPS) is 18.6. The van der Waals surface area contributed by atoms with Crippen LogP contribution in [0.1, 0.15) is 4.88 Å². The molecule has 0 spiro atoms. The molecule has 1 aromatic rings. The zero-order valence-electron chi connectivity index (χ0n) is 10.7. The molecule has 0 amide bonds.